The van der Waals surface area contributed by atoms with Crippen molar-refractivity contribution in [1.29, 1.82) is 0 Å². The number of rotatable bonds is 7. The average molecular weight is 449 g/mol. The number of nitrogens with one attached hydrogen (secondary N) is 2. The van der Waals surface area contributed by atoms with Gasteiger partial charge < -0.3 is 20.1 Å². The number of aryl methyl sites for hydroxylation is 1. The third-order valence-electron chi connectivity index (χ3n) is 6.39. The van der Waals surface area contributed by atoms with E-state index in [0.717, 1.165) is 36.0 Å². The van der Waals surface area contributed by atoms with Gasteiger partial charge in [0.25, 0.3) is 0 Å². The molecule has 1 saturated heterocycles. The van der Waals surface area contributed by atoms with Gasteiger partial charge in [0.2, 0.25) is 11.8 Å². The molecule has 0 bridgehead atoms. The molecule has 0 saturated carbocycles. The first-order valence-electron chi connectivity index (χ1n) is 11.6. The normalized spacial score (nSPS) is 16.1. The number of hydrogen-bond acceptors (Lipinski definition) is 5. The first-order chi connectivity index (χ1) is 16.0. The Labute approximate surface area is 194 Å². The number of aromatic nitrogens is 3. The van der Waals surface area contributed by atoms with E-state index in [4.69, 9.17) is 4.98 Å². The van der Waals surface area contributed by atoms with E-state index in [1.54, 1.807) is 11.9 Å². The van der Waals surface area contributed by atoms with Gasteiger partial charge in [-0.05, 0) is 37.3 Å². The maximum Gasteiger partial charge on any atom is 0.223 e. The predicted molar refractivity (Wildman–Crippen MR) is 129 cm³/mol. The van der Waals surface area contributed by atoms with E-state index in [0.29, 0.717) is 37.6 Å². The molecular formula is C25H32N6O2. The summed E-state index contributed by atoms with van der Waals surface area (Å²) in [4.78, 5) is 41.3. The second-order valence-corrected chi connectivity index (χ2v) is 8.69. The summed E-state index contributed by atoms with van der Waals surface area (Å²) in [6, 6.07) is 9.88. The molecule has 2 amide bonds. The van der Waals surface area contributed by atoms with Crippen LogP contribution in [-0.2, 0) is 22.6 Å². The zero-order valence-electron chi connectivity index (χ0n) is 19.6. The van der Waals surface area contributed by atoms with Gasteiger partial charge in [0.05, 0.1) is 18.3 Å². The minimum absolute atomic E-state index is 0.0204. The molecule has 1 fully saturated rings. The van der Waals surface area contributed by atoms with Crippen LogP contribution in [0.1, 0.15) is 55.7 Å². The number of carbonyl (C=O) groups excluding carboxylic acids is 2. The average Bonchev–Trinajstić information content (AvgIpc) is 3.25. The molecule has 0 unspecified atom stereocenters. The first kappa shape index (κ1) is 22.8. The summed E-state index contributed by atoms with van der Waals surface area (Å²) in [5.41, 5.74) is 3.02. The number of fused-ring (bicyclic) bond motifs is 1. The van der Waals surface area contributed by atoms with Gasteiger partial charge in [-0.1, -0.05) is 18.2 Å². The van der Waals surface area contributed by atoms with Crippen molar-refractivity contribution in [3.63, 3.8) is 0 Å². The first-order valence-corrected chi connectivity index (χ1v) is 11.6. The molecule has 2 aromatic heterocycles. The van der Waals surface area contributed by atoms with Crippen molar-refractivity contribution >= 4 is 28.5 Å². The predicted octanol–water partition coefficient (Wildman–Crippen LogP) is 3.66. The van der Waals surface area contributed by atoms with Crippen LogP contribution < -0.4 is 5.32 Å². The van der Waals surface area contributed by atoms with Gasteiger partial charge in [-0.15, -0.1) is 0 Å². The van der Waals surface area contributed by atoms with Crippen molar-refractivity contribution in [1.82, 2.24) is 24.8 Å². The van der Waals surface area contributed by atoms with Gasteiger partial charge in [-0.3, -0.25) is 9.59 Å². The van der Waals surface area contributed by atoms with Crippen molar-refractivity contribution in [2.75, 3.05) is 26.0 Å². The van der Waals surface area contributed by atoms with E-state index in [2.05, 4.69) is 27.4 Å². The molecule has 1 atom stereocenters. The fraction of sp³-hybridized carbons (Fsp3) is 0.440. The van der Waals surface area contributed by atoms with Crippen molar-refractivity contribution in [3.8, 4) is 0 Å². The molecule has 0 spiro atoms. The number of hydrogen-bond donors (Lipinski definition) is 2. The number of H-pyrrole nitrogens is 1. The van der Waals surface area contributed by atoms with Gasteiger partial charge >= 0.3 is 0 Å². The lowest BCUT2D eigenvalue weighted by Gasteiger charge is -2.35. The Hall–Kier alpha value is -3.42. The van der Waals surface area contributed by atoms with Gasteiger partial charge in [-0.25, -0.2) is 9.97 Å². The molecule has 8 heteroatoms. The summed E-state index contributed by atoms with van der Waals surface area (Å²) in [6.45, 7) is 2.66. The van der Waals surface area contributed by atoms with Crippen LogP contribution in [0.15, 0.2) is 36.5 Å². The molecule has 3 heterocycles. The van der Waals surface area contributed by atoms with Crippen LogP contribution in [0, 0.1) is 0 Å². The van der Waals surface area contributed by atoms with Gasteiger partial charge in [0.15, 0.2) is 5.82 Å². The maximum atomic E-state index is 13.3. The number of benzene rings is 1. The molecule has 0 aliphatic carbocycles. The Bertz CT molecular complexity index is 1140. The van der Waals surface area contributed by atoms with Crippen molar-refractivity contribution in [2.24, 2.45) is 0 Å². The summed E-state index contributed by atoms with van der Waals surface area (Å²) in [7, 11) is 3.57. The topological polar surface area (TPSA) is 94.2 Å². The molecule has 8 nitrogen and oxygen atoms in total. The highest BCUT2D eigenvalue weighted by atomic mass is 16.2. The van der Waals surface area contributed by atoms with Crippen LogP contribution in [0.4, 0.5) is 5.82 Å². The largest absolute Gasteiger partial charge is 0.373 e. The molecule has 2 N–H and O–H groups in total. The number of carbonyl (C=O) groups is 2. The number of para-hydroxylation sites is 1. The highest BCUT2D eigenvalue weighted by molar-refractivity contribution is 5.84. The second-order valence-electron chi connectivity index (χ2n) is 8.69. The van der Waals surface area contributed by atoms with Gasteiger partial charge in [0, 0.05) is 57.2 Å². The lowest BCUT2D eigenvalue weighted by Crippen LogP contribution is -2.39. The number of likely N-dealkylation sites (tertiary alicyclic amines) is 1. The third-order valence-corrected chi connectivity index (χ3v) is 6.39. The zero-order chi connectivity index (χ0) is 23.4. The molecule has 174 valence electrons. The minimum atomic E-state index is -0.149. The van der Waals surface area contributed by atoms with Crippen molar-refractivity contribution < 1.29 is 9.59 Å². The van der Waals surface area contributed by atoms with Gasteiger partial charge in [0.1, 0.15) is 5.82 Å². The van der Waals surface area contributed by atoms with E-state index < -0.39 is 0 Å². The molecule has 3 aromatic rings. The molecule has 1 aromatic carbocycles. The second kappa shape index (κ2) is 10.0. The molecule has 4 rings (SSSR count). The fourth-order valence-corrected chi connectivity index (χ4v) is 4.45. The number of anilines is 1. The van der Waals surface area contributed by atoms with E-state index in [1.165, 1.54) is 12.3 Å². The lowest BCUT2D eigenvalue weighted by molar-refractivity contribution is -0.135. The Morgan fingerprint density at radius 1 is 1.24 bits per heavy atom. The molecule has 1 aliphatic rings. The van der Waals surface area contributed by atoms with Gasteiger partial charge in [-0.2, -0.15) is 0 Å². The summed E-state index contributed by atoms with van der Waals surface area (Å²) in [5, 5.41) is 4.26. The van der Waals surface area contributed by atoms with Crippen LogP contribution in [0.25, 0.3) is 10.9 Å². The van der Waals surface area contributed by atoms with Crippen molar-refractivity contribution in [2.45, 2.75) is 51.6 Å². The Morgan fingerprint density at radius 3 is 2.85 bits per heavy atom. The summed E-state index contributed by atoms with van der Waals surface area (Å²) >= 11 is 0. The summed E-state index contributed by atoms with van der Waals surface area (Å²) in [5.74, 6) is 1.46. The summed E-state index contributed by atoms with van der Waals surface area (Å²) < 4.78 is 0. The maximum absolute atomic E-state index is 13.3. The number of nitrogens with zero attached hydrogens (tertiary/aromatic N) is 4. The lowest BCUT2D eigenvalue weighted by atomic mass is 9.99. The number of aromatic amines is 1. The standard InChI is InChI=1S/C25H32N6O2/c1-17(32)30(3)16-19-14-23(26-2)29-25(28-19)22-10-6-7-13-31(22)24(33)12-11-18-15-27-21-9-5-4-8-20(18)21/h4-5,8-9,14-15,22,27H,6-7,10-13,16H2,1-3H3,(H,26,28,29)/t22-/m1/s1. The van der Waals surface area contributed by atoms with Crippen molar-refractivity contribution in [3.05, 3.63) is 53.6 Å². The highest BCUT2D eigenvalue weighted by Crippen LogP contribution is 2.31. The third kappa shape index (κ3) is 5.16. The fourth-order valence-electron chi connectivity index (χ4n) is 4.45. The molecule has 33 heavy (non-hydrogen) atoms. The van der Waals surface area contributed by atoms with E-state index >= 15 is 0 Å². The SMILES string of the molecule is CNc1cc(CN(C)C(C)=O)nc([C@H]2CCCCN2C(=O)CCc2c[nH]c3ccccc23)n1. The van der Waals surface area contributed by atoms with Crippen LogP contribution in [0.2, 0.25) is 0 Å². The molecular weight excluding hydrogens is 416 g/mol. The van der Waals surface area contributed by atoms with Crippen LogP contribution in [0.3, 0.4) is 0 Å². The molecule has 1 aliphatic heterocycles. The quantitative estimate of drug-likeness (QED) is 0.575. The smallest absolute Gasteiger partial charge is 0.223 e. The monoisotopic (exact) mass is 448 g/mol. The van der Waals surface area contributed by atoms with E-state index in [9.17, 15) is 9.59 Å². The van der Waals surface area contributed by atoms with Crippen LogP contribution >= 0.6 is 0 Å². The minimum Gasteiger partial charge on any atom is -0.373 e. The molecule has 0 radical (unpaired) electrons. The highest BCUT2D eigenvalue weighted by Gasteiger charge is 2.30. The van der Waals surface area contributed by atoms with Crippen LogP contribution in [0.5, 0.6) is 0 Å². The number of amides is 2. The van der Waals surface area contributed by atoms with Crippen LogP contribution in [-0.4, -0.2) is 57.2 Å². The Balaban J connectivity index is 1.52. The Morgan fingerprint density at radius 2 is 2.06 bits per heavy atom. The van der Waals surface area contributed by atoms with E-state index in [1.807, 2.05) is 36.3 Å². The zero-order valence-corrected chi connectivity index (χ0v) is 19.6. The van der Waals surface area contributed by atoms with E-state index in [-0.39, 0.29) is 17.9 Å². The number of piperidine rings is 1. The Kier molecular flexibility index (Phi) is 6.91. The summed E-state index contributed by atoms with van der Waals surface area (Å²) in [6.07, 6.45) is 6.01.